The molecule has 0 saturated carbocycles. The Kier molecular flexibility index (Phi) is 3.21. The Morgan fingerprint density at radius 1 is 1.17 bits per heavy atom. The van der Waals surface area contributed by atoms with Crippen molar-refractivity contribution in [2.45, 2.75) is 12.1 Å². The van der Waals surface area contributed by atoms with Gasteiger partial charge in [0.05, 0.1) is 46.9 Å². The smallest absolute Gasteiger partial charge is 0.329 e. The van der Waals surface area contributed by atoms with Gasteiger partial charge in [0.25, 0.3) is 0 Å². The molecule has 2 atom stereocenters. The van der Waals surface area contributed by atoms with Crippen LogP contribution in [0, 0.1) is 11.8 Å². The molecule has 6 rings (SSSR count). The van der Waals surface area contributed by atoms with Crippen LogP contribution in [0.1, 0.15) is 6.04 Å². The van der Waals surface area contributed by atoms with Gasteiger partial charge < -0.3 is 9.47 Å². The van der Waals surface area contributed by atoms with Gasteiger partial charge in [-0.25, -0.2) is 14.2 Å². The van der Waals surface area contributed by atoms with Crippen molar-refractivity contribution in [1.82, 2.24) is 19.1 Å². The van der Waals surface area contributed by atoms with Crippen LogP contribution >= 0.6 is 0 Å². The Hall–Kier alpha value is -3.33. The molecule has 0 N–H and O–H groups in total. The summed E-state index contributed by atoms with van der Waals surface area (Å²) in [6.07, 6.45) is 2.36. The quantitative estimate of drug-likeness (QED) is 0.463. The van der Waals surface area contributed by atoms with Crippen LogP contribution in [-0.2, 0) is 11.8 Å². The van der Waals surface area contributed by atoms with Gasteiger partial charge >= 0.3 is 5.69 Å². The number of rotatable bonds is 1. The molecule has 9 heteroatoms. The minimum Gasteiger partial charge on any atom is -0.484 e. The molecule has 146 valence electrons. The molecule has 1 saturated heterocycles. The average Bonchev–Trinajstić information content (AvgIpc) is 3.21. The highest BCUT2D eigenvalue weighted by Gasteiger charge is 2.39. The van der Waals surface area contributed by atoms with E-state index < -0.39 is 17.9 Å². The van der Waals surface area contributed by atoms with Gasteiger partial charge in [0, 0.05) is 24.9 Å². The monoisotopic (exact) mass is 396 g/mol. The fourth-order valence-corrected chi connectivity index (χ4v) is 4.36. The van der Waals surface area contributed by atoms with E-state index in [1.54, 1.807) is 17.8 Å². The normalized spacial score (nSPS) is 20.2. The number of benzene rings is 1. The first-order valence-corrected chi connectivity index (χ1v) is 9.13. The molecule has 4 aromatic rings. The predicted molar refractivity (Wildman–Crippen MR) is 99.9 cm³/mol. The lowest BCUT2D eigenvalue weighted by atomic mass is 10.0. The summed E-state index contributed by atoms with van der Waals surface area (Å²) in [5.41, 5.74) is 1.96. The van der Waals surface area contributed by atoms with Crippen molar-refractivity contribution in [3.05, 3.63) is 52.8 Å². The van der Waals surface area contributed by atoms with Gasteiger partial charge in [-0.3, -0.25) is 14.1 Å². The Balaban J connectivity index is 1.82. The summed E-state index contributed by atoms with van der Waals surface area (Å²) >= 11 is 0. The largest absolute Gasteiger partial charge is 0.484 e. The third-order valence-corrected chi connectivity index (χ3v) is 5.73. The van der Waals surface area contributed by atoms with Crippen molar-refractivity contribution in [2.75, 3.05) is 13.2 Å². The molecular formula is C20H14F2N4O3. The molecule has 7 nitrogen and oxygen atoms in total. The van der Waals surface area contributed by atoms with Gasteiger partial charge in [-0.1, -0.05) is 0 Å². The average molecular weight is 396 g/mol. The second-order valence-corrected chi connectivity index (χ2v) is 7.29. The van der Waals surface area contributed by atoms with Crippen LogP contribution in [-0.4, -0.2) is 38.4 Å². The number of ether oxygens (including phenoxy) is 2. The van der Waals surface area contributed by atoms with Crippen LogP contribution in [0.2, 0.25) is 0 Å². The predicted octanol–water partition coefficient (Wildman–Crippen LogP) is 2.56. The van der Waals surface area contributed by atoms with Crippen molar-refractivity contribution < 1.29 is 18.3 Å². The number of imidazole rings is 1. The van der Waals surface area contributed by atoms with Crippen molar-refractivity contribution in [1.29, 1.82) is 0 Å². The molecule has 0 unspecified atom stereocenters. The first kappa shape index (κ1) is 16.6. The highest BCUT2D eigenvalue weighted by atomic mass is 19.1. The molecule has 0 spiro atoms. The molecule has 2 aliphatic heterocycles. The number of aromatic nitrogens is 4. The van der Waals surface area contributed by atoms with Crippen molar-refractivity contribution in [3.8, 4) is 16.9 Å². The van der Waals surface area contributed by atoms with E-state index in [1.165, 1.54) is 29.0 Å². The molecule has 0 bridgehead atoms. The summed E-state index contributed by atoms with van der Waals surface area (Å²) in [5, 5.41) is 0.551. The molecule has 5 heterocycles. The van der Waals surface area contributed by atoms with E-state index in [1.807, 2.05) is 0 Å². The first-order valence-electron chi connectivity index (χ1n) is 9.13. The molecule has 1 fully saturated rings. The third-order valence-electron chi connectivity index (χ3n) is 5.73. The van der Waals surface area contributed by atoms with Gasteiger partial charge in [-0.05, 0) is 12.1 Å². The summed E-state index contributed by atoms with van der Waals surface area (Å²) in [6.45, 7) is 0.589. The SMILES string of the molecule is Cn1c(=O)n2c3c4c(c(-c5ccc(F)nc5)c(F)cc4ncc31)O[C@H]1COC[C@@H]12. The summed E-state index contributed by atoms with van der Waals surface area (Å²) < 4.78 is 43.6. The molecular weight excluding hydrogens is 382 g/mol. The summed E-state index contributed by atoms with van der Waals surface area (Å²) in [5.74, 6) is -0.953. The maximum absolute atomic E-state index is 15.2. The zero-order valence-electron chi connectivity index (χ0n) is 15.2. The number of hydrogen-bond acceptors (Lipinski definition) is 5. The fraction of sp³-hybridized carbons (Fsp3) is 0.250. The Labute approximate surface area is 162 Å². The summed E-state index contributed by atoms with van der Waals surface area (Å²) in [7, 11) is 1.68. The maximum atomic E-state index is 15.2. The number of pyridine rings is 2. The van der Waals surface area contributed by atoms with Crippen LogP contribution in [0.4, 0.5) is 8.78 Å². The molecule has 2 aliphatic rings. The van der Waals surface area contributed by atoms with Gasteiger partial charge in [0.15, 0.2) is 0 Å². The summed E-state index contributed by atoms with van der Waals surface area (Å²) in [4.78, 5) is 21.0. The van der Waals surface area contributed by atoms with Crippen LogP contribution < -0.4 is 10.4 Å². The molecule has 0 amide bonds. The number of nitrogens with zero attached hydrogens (tertiary/aromatic N) is 4. The summed E-state index contributed by atoms with van der Waals surface area (Å²) in [6, 6.07) is 3.58. The van der Waals surface area contributed by atoms with E-state index in [4.69, 9.17) is 9.47 Å². The zero-order valence-corrected chi connectivity index (χ0v) is 15.2. The van der Waals surface area contributed by atoms with Gasteiger partial charge in [0.2, 0.25) is 5.95 Å². The van der Waals surface area contributed by atoms with Crippen LogP contribution in [0.15, 0.2) is 35.4 Å². The lowest BCUT2D eigenvalue weighted by molar-refractivity contribution is 0.140. The van der Waals surface area contributed by atoms with E-state index >= 15 is 4.39 Å². The van der Waals surface area contributed by atoms with Crippen molar-refractivity contribution in [3.63, 3.8) is 0 Å². The second-order valence-electron chi connectivity index (χ2n) is 7.29. The number of hydrogen-bond donors (Lipinski definition) is 0. The van der Waals surface area contributed by atoms with Crippen LogP contribution in [0.5, 0.6) is 5.75 Å². The van der Waals surface area contributed by atoms with Gasteiger partial charge in [0.1, 0.15) is 23.7 Å². The highest BCUT2D eigenvalue weighted by molar-refractivity contribution is 6.09. The lowest BCUT2D eigenvalue weighted by Gasteiger charge is -2.20. The van der Waals surface area contributed by atoms with Crippen LogP contribution in [0.3, 0.4) is 0 Å². The van der Waals surface area contributed by atoms with Gasteiger partial charge in [-0.2, -0.15) is 4.39 Å². The Morgan fingerprint density at radius 3 is 2.83 bits per heavy atom. The Bertz CT molecular complexity index is 1380. The van der Waals surface area contributed by atoms with Crippen molar-refractivity contribution >= 4 is 21.9 Å². The second kappa shape index (κ2) is 5.60. The van der Waals surface area contributed by atoms with E-state index in [2.05, 4.69) is 9.97 Å². The van der Waals surface area contributed by atoms with Gasteiger partial charge in [-0.15, -0.1) is 0 Å². The van der Waals surface area contributed by atoms with E-state index in [9.17, 15) is 9.18 Å². The molecule has 29 heavy (non-hydrogen) atoms. The van der Waals surface area contributed by atoms with E-state index in [0.717, 1.165) is 0 Å². The lowest BCUT2D eigenvalue weighted by Crippen LogP contribution is -2.34. The minimum atomic E-state index is -0.660. The zero-order chi connectivity index (χ0) is 19.9. The topological polar surface area (TPSA) is 71.2 Å². The molecule has 3 aromatic heterocycles. The van der Waals surface area contributed by atoms with Crippen LogP contribution in [0.25, 0.3) is 33.1 Å². The Morgan fingerprint density at radius 2 is 2.03 bits per heavy atom. The highest BCUT2D eigenvalue weighted by Crippen LogP contribution is 2.45. The molecule has 0 radical (unpaired) electrons. The third kappa shape index (κ3) is 2.10. The first-order chi connectivity index (χ1) is 14.0. The van der Waals surface area contributed by atoms with E-state index in [0.29, 0.717) is 34.1 Å². The molecule has 0 aliphatic carbocycles. The number of halogens is 2. The number of aryl methyl sites for hydroxylation is 1. The standard InChI is InChI=1S/C20H14F2N4O3/c1-25-12-6-23-11-4-10(21)16(9-2-3-15(22)24-5-9)19-17(11)18(12)26(20(25)27)13-7-28-8-14(13)29-19/h2-6,13-14H,7-8H2,1H3/t13-,14-/m0/s1. The number of fused-ring (bicyclic) bond motifs is 2. The van der Waals surface area contributed by atoms with Crippen molar-refractivity contribution in [2.24, 2.45) is 7.05 Å². The fourth-order valence-electron chi connectivity index (χ4n) is 4.36. The van der Waals surface area contributed by atoms with E-state index in [-0.39, 0.29) is 29.7 Å². The maximum Gasteiger partial charge on any atom is 0.329 e. The minimum absolute atomic E-state index is 0.162. The molecule has 1 aromatic carbocycles.